The van der Waals surface area contributed by atoms with E-state index < -0.39 is 5.60 Å². The van der Waals surface area contributed by atoms with Gasteiger partial charge in [0.15, 0.2) is 0 Å². The largest absolute Gasteiger partial charge is 0.444 e. The summed E-state index contributed by atoms with van der Waals surface area (Å²) in [5.41, 5.74) is 0.376. The number of ether oxygens (including phenoxy) is 1. The molecule has 1 aromatic rings. The van der Waals surface area contributed by atoms with Crippen LogP contribution in [0, 0.1) is 11.7 Å². The second kappa shape index (κ2) is 6.86. The highest BCUT2D eigenvalue weighted by molar-refractivity contribution is 6.31. The second-order valence-corrected chi connectivity index (χ2v) is 7.21. The zero-order valence-electron chi connectivity index (χ0n) is 13.4. The molecule has 0 unspecified atom stereocenters. The van der Waals surface area contributed by atoms with Crippen LogP contribution in [0.2, 0.25) is 5.02 Å². The Bertz CT molecular complexity index is 534. The molecule has 1 aromatic carbocycles. The van der Waals surface area contributed by atoms with E-state index in [1.165, 1.54) is 6.07 Å². The molecule has 0 bridgehead atoms. The molecule has 0 aliphatic carbocycles. The van der Waals surface area contributed by atoms with Crippen molar-refractivity contribution in [2.75, 3.05) is 13.1 Å². The van der Waals surface area contributed by atoms with Crippen molar-refractivity contribution < 1.29 is 13.9 Å². The van der Waals surface area contributed by atoms with E-state index in [1.54, 1.807) is 11.0 Å². The van der Waals surface area contributed by atoms with E-state index in [9.17, 15) is 9.18 Å². The predicted octanol–water partition coefficient (Wildman–Crippen LogP) is 4.67. The van der Waals surface area contributed by atoms with Crippen LogP contribution >= 0.6 is 11.6 Å². The van der Waals surface area contributed by atoms with Gasteiger partial charge in [0.1, 0.15) is 11.4 Å². The lowest BCUT2D eigenvalue weighted by molar-refractivity contribution is 0.0184. The molecule has 0 atom stereocenters. The number of benzene rings is 1. The third-order valence-electron chi connectivity index (χ3n) is 3.81. The molecule has 0 saturated carbocycles. The molecule has 1 saturated heterocycles. The SMILES string of the molecule is CC(C)(C)OC(=O)N1CCC(Cc2cccc(F)c2Cl)CC1. The number of rotatable bonds is 2. The lowest BCUT2D eigenvalue weighted by atomic mass is 9.90. The maximum Gasteiger partial charge on any atom is 0.410 e. The van der Waals surface area contributed by atoms with Crippen molar-refractivity contribution in [2.45, 2.75) is 45.6 Å². The lowest BCUT2D eigenvalue weighted by Gasteiger charge is -2.33. The summed E-state index contributed by atoms with van der Waals surface area (Å²) in [7, 11) is 0. The lowest BCUT2D eigenvalue weighted by Crippen LogP contribution is -2.42. The van der Waals surface area contributed by atoms with Gasteiger partial charge in [0.05, 0.1) is 5.02 Å². The summed E-state index contributed by atoms with van der Waals surface area (Å²) >= 11 is 6.00. The number of likely N-dealkylation sites (tertiary alicyclic amines) is 1. The summed E-state index contributed by atoms with van der Waals surface area (Å²) < 4.78 is 18.8. The van der Waals surface area contributed by atoms with E-state index in [4.69, 9.17) is 16.3 Å². The minimum Gasteiger partial charge on any atom is -0.444 e. The fourth-order valence-corrected chi connectivity index (χ4v) is 2.87. The Morgan fingerprint density at radius 3 is 2.59 bits per heavy atom. The summed E-state index contributed by atoms with van der Waals surface area (Å²) in [5, 5.41) is 0.220. The molecule has 0 radical (unpaired) electrons. The predicted molar refractivity (Wildman–Crippen MR) is 85.6 cm³/mol. The number of amides is 1. The van der Waals surface area contributed by atoms with Gasteiger partial charge in [-0.25, -0.2) is 9.18 Å². The van der Waals surface area contributed by atoms with Gasteiger partial charge < -0.3 is 9.64 Å². The molecule has 22 heavy (non-hydrogen) atoms. The number of hydrogen-bond donors (Lipinski definition) is 0. The fourth-order valence-electron chi connectivity index (χ4n) is 2.66. The highest BCUT2D eigenvalue weighted by atomic mass is 35.5. The average molecular weight is 328 g/mol. The smallest absolute Gasteiger partial charge is 0.410 e. The van der Waals surface area contributed by atoms with E-state index in [-0.39, 0.29) is 16.9 Å². The monoisotopic (exact) mass is 327 g/mol. The molecule has 1 fully saturated rings. The Balaban J connectivity index is 1.87. The molecule has 0 spiro atoms. The molecule has 1 aliphatic heterocycles. The number of hydrogen-bond acceptors (Lipinski definition) is 2. The molecule has 122 valence electrons. The third kappa shape index (κ3) is 4.60. The summed E-state index contributed by atoms with van der Waals surface area (Å²) in [6.45, 7) is 6.94. The van der Waals surface area contributed by atoms with Gasteiger partial charge in [-0.1, -0.05) is 23.7 Å². The van der Waals surface area contributed by atoms with Crippen LogP contribution in [-0.4, -0.2) is 29.7 Å². The molecule has 1 amide bonds. The van der Waals surface area contributed by atoms with Crippen molar-refractivity contribution in [3.05, 3.63) is 34.6 Å². The van der Waals surface area contributed by atoms with Gasteiger partial charge in [0.2, 0.25) is 0 Å². The van der Waals surface area contributed by atoms with E-state index in [2.05, 4.69) is 0 Å². The van der Waals surface area contributed by atoms with Gasteiger partial charge in [-0.2, -0.15) is 0 Å². The highest BCUT2D eigenvalue weighted by Gasteiger charge is 2.27. The Kier molecular flexibility index (Phi) is 5.32. The number of halogens is 2. The van der Waals surface area contributed by atoms with Crippen LogP contribution in [0.5, 0.6) is 0 Å². The van der Waals surface area contributed by atoms with Gasteiger partial charge in [0, 0.05) is 13.1 Å². The van der Waals surface area contributed by atoms with Crippen molar-refractivity contribution in [2.24, 2.45) is 5.92 Å². The van der Waals surface area contributed by atoms with Crippen molar-refractivity contribution >= 4 is 17.7 Å². The van der Waals surface area contributed by atoms with Gasteiger partial charge >= 0.3 is 6.09 Å². The van der Waals surface area contributed by atoms with Gasteiger partial charge in [-0.3, -0.25) is 0 Å². The van der Waals surface area contributed by atoms with Crippen LogP contribution in [0.3, 0.4) is 0 Å². The number of piperidine rings is 1. The van der Waals surface area contributed by atoms with Crippen molar-refractivity contribution in [1.29, 1.82) is 0 Å². The van der Waals surface area contributed by atoms with Gasteiger partial charge in [-0.05, 0) is 57.6 Å². The maximum atomic E-state index is 13.5. The molecule has 3 nitrogen and oxygen atoms in total. The Morgan fingerprint density at radius 1 is 1.36 bits per heavy atom. The Hall–Kier alpha value is -1.29. The quantitative estimate of drug-likeness (QED) is 0.790. The van der Waals surface area contributed by atoms with E-state index in [0.29, 0.717) is 19.0 Å². The molecular formula is C17H23ClFNO2. The first kappa shape index (κ1) is 17.1. The first-order chi connectivity index (χ1) is 10.3. The van der Waals surface area contributed by atoms with Gasteiger partial charge in [-0.15, -0.1) is 0 Å². The van der Waals surface area contributed by atoms with Crippen LogP contribution in [0.1, 0.15) is 39.2 Å². The number of carbonyl (C=O) groups is 1. The molecule has 1 aliphatic rings. The van der Waals surface area contributed by atoms with Crippen LogP contribution in [0.25, 0.3) is 0 Å². The minimum absolute atomic E-state index is 0.220. The first-order valence-corrected chi connectivity index (χ1v) is 8.05. The van der Waals surface area contributed by atoms with E-state index in [0.717, 1.165) is 24.8 Å². The molecule has 2 rings (SSSR count). The standard InChI is InChI=1S/C17H23ClFNO2/c1-17(2,3)22-16(21)20-9-7-12(8-10-20)11-13-5-4-6-14(19)15(13)18/h4-6,12H,7-11H2,1-3H3. The Morgan fingerprint density at radius 2 is 2.00 bits per heavy atom. The summed E-state index contributed by atoms with van der Waals surface area (Å²) in [5.74, 6) is 0.0448. The van der Waals surface area contributed by atoms with E-state index >= 15 is 0 Å². The summed E-state index contributed by atoms with van der Waals surface area (Å²) in [4.78, 5) is 13.8. The van der Waals surface area contributed by atoms with Crippen LogP contribution in [0.4, 0.5) is 9.18 Å². The molecule has 0 aromatic heterocycles. The number of nitrogens with zero attached hydrogens (tertiary/aromatic N) is 1. The van der Waals surface area contributed by atoms with Crippen LogP contribution in [0.15, 0.2) is 18.2 Å². The number of carbonyl (C=O) groups excluding carboxylic acids is 1. The van der Waals surface area contributed by atoms with Crippen molar-refractivity contribution in [1.82, 2.24) is 4.90 Å². The first-order valence-electron chi connectivity index (χ1n) is 7.67. The maximum absolute atomic E-state index is 13.5. The zero-order valence-corrected chi connectivity index (χ0v) is 14.1. The zero-order chi connectivity index (χ0) is 16.3. The summed E-state index contributed by atoms with van der Waals surface area (Å²) in [6, 6.07) is 4.93. The fraction of sp³-hybridized carbons (Fsp3) is 0.588. The third-order valence-corrected chi connectivity index (χ3v) is 4.23. The normalized spacial score (nSPS) is 16.7. The van der Waals surface area contributed by atoms with Crippen molar-refractivity contribution in [3.63, 3.8) is 0 Å². The van der Waals surface area contributed by atoms with Crippen LogP contribution in [-0.2, 0) is 11.2 Å². The topological polar surface area (TPSA) is 29.5 Å². The molecule has 1 heterocycles. The molecule has 5 heteroatoms. The minimum atomic E-state index is -0.469. The van der Waals surface area contributed by atoms with Crippen LogP contribution < -0.4 is 0 Å². The molecule has 0 N–H and O–H groups in total. The second-order valence-electron chi connectivity index (χ2n) is 6.83. The highest BCUT2D eigenvalue weighted by Crippen LogP contribution is 2.27. The van der Waals surface area contributed by atoms with Gasteiger partial charge in [0.25, 0.3) is 0 Å². The average Bonchev–Trinajstić information content (AvgIpc) is 2.43. The summed E-state index contributed by atoms with van der Waals surface area (Å²) in [6.07, 6.45) is 2.26. The van der Waals surface area contributed by atoms with Crippen molar-refractivity contribution in [3.8, 4) is 0 Å². The molecular weight excluding hydrogens is 305 g/mol. The van der Waals surface area contributed by atoms with E-state index in [1.807, 2.05) is 26.8 Å². The Labute approximate surface area is 136 Å².